The first-order chi connectivity index (χ1) is 15.1. The number of aromatic hydroxyl groups is 1. The van der Waals surface area contributed by atoms with Crippen LogP contribution in [0.15, 0.2) is 60.7 Å². The first-order valence-electron chi connectivity index (χ1n) is 9.90. The van der Waals surface area contributed by atoms with E-state index in [0.29, 0.717) is 11.3 Å². The van der Waals surface area contributed by atoms with Crippen molar-refractivity contribution in [2.75, 3.05) is 0 Å². The molecule has 0 saturated heterocycles. The van der Waals surface area contributed by atoms with Crippen LogP contribution in [0.5, 0.6) is 5.75 Å². The highest BCUT2D eigenvalue weighted by Crippen LogP contribution is 2.36. The third-order valence-corrected chi connectivity index (χ3v) is 5.29. The molecule has 1 aliphatic heterocycles. The van der Waals surface area contributed by atoms with Crippen molar-refractivity contribution in [1.29, 1.82) is 0 Å². The van der Waals surface area contributed by atoms with Crippen molar-refractivity contribution >= 4 is 11.6 Å². The van der Waals surface area contributed by atoms with Crippen LogP contribution in [0, 0.1) is 13.8 Å². The van der Waals surface area contributed by atoms with Crippen LogP contribution in [-0.2, 0) is 17.5 Å². The number of hydrogen-bond acceptors (Lipinski definition) is 4. The standard InChI is InChI=1S/C23H21F3N4O2/c1-14-7-9-16(10-8-14)18-12-19(17-5-3-4-6-20(17)31)30(27-18)22(32)13-29-15(2)11-21(28-29)23(24,25)26/h3-12,19,27,31H,13H2,1-2H3. The lowest BCUT2D eigenvalue weighted by atomic mass is 10.0. The maximum Gasteiger partial charge on any atom is 0.435 e. The minimum absolute atomic E-state index is 0.00753. The van der Waals surface area contributed by atoms with E-state index in [1.54, 1.807) is 24.3 Å². The molecule has 1 aliphatic rings. The van der Waals surface area contributed by atoms with Gasteiger partial charge >= 0.3 is 6.18 Å². The van der Waals surface area contributed by atoms with Gasteiger partial charge in [-0.1, -0.05) is 48.0 Å². The number of benzene rings is 2. The van der Waals surface area contributed by atoms with Gasteiger partial charge in [-0.3, -0.25) is 14.9 Å². The summed E-state index contributed by atoms with van der Waals surface area (Å²) >= 11 is 0. The van der Waals surface area contributed by atoms with Gasteiger partial charge in [0.15, 0.2) is 5.69 Å². The van der Waals surface area contributed by atoms with Crippen LogP contribution in [0.1, 0.15) is 34.1 Å². The Bertz CT molecular complexity index is 1180. The van der Waals surface area contributed by atoms with Gasteiger partial charge in [0.25, 0.3) is 5.91 Å². The van der Waals surface area contributed by atoms with Crippen molar-refractivity contribution in [2.24, 2.45) is 0 Å². The minimum atomic E-state index is -4.59. The zero-order valence-electron chi connectivity index (χ0n) is 17.4. The number of hydrazine groups is 1. The number of nitrogens with one attached hydrogen (secondary N) is 1. The Morgan fingerprint density at radius 1 is 1.12 bits per heavy atom. The molecule has 0 saturated carbocycles. The van der Waals surface area contributed by atoms with E-state index in [1.807, 2.05) is 31.2 Å². The van der Waals surface area contributed by atoms with Gasteiger partial charge in [0, 0.05) is 11.3 Å². The number of aromatic nitrogens is 2. The highest BCUT2D eigenvalue weighted by Gasteiger charge is 2.36. The van der Waals surface area contributed by atoms with Gasteiger partial charge in [0.1, 0.15) is 18.3 Å². The molecule has 0 fully saturated rings. The largest absolute Gasteiger partial charge is 0.508 e. The van der Waals surface area contributed by atoms with Crippen molar-refractivity contribution in [3.8, 4) is 5.75 Å². The Morgan fingerprint density at radius 3 is 2.44 bits per heavy atom. The SMILES string of the molecule is Cc1ccc(C2=CC(c3ccccc3O)N(C(=O)Cn3nc(C(F)(F)F)cc3C)N2)cc1. The number of halogens is 3. The maximum atomic E-state index is 13.2. The molecule has 1 atom stereocenters. The fraction of sp³-hybridized carbons (Fsp3) is 0.217. The van der Waals surface area contributed by atoms with Crippen LogP contribution >= 0.6 is 0 Å². The van der Waals surface area contributed by atoms with Gasteiger partial charge in [-0.2, -0.15) is 18.3 Å². The molecular weight excluding hydrogens is 421 g/mol. The van der Waals surface area contributed by atoms with Crippen molar-refractivity contribution in [2.45, 2.75) is 32.6 Å². The number of phenolic OH excluding ortho intramolecular Hbond substituents is 1. The van der Waals surface area contributed by atoms with Crippen LogP contribution in [-0.4, -0.2) is 25.8 Å². The van der Waals surface area contributed by atoms with E-state index in [4.69, 9.17) is 0 Å². The zero-order chi connectivity index (χ0) is 23.0. The molecule has 1 unspecified atom stereocenters. The van der Waals surface area contributed by atoms with Gasteiger partial charge in [-0.25, -0.2) is 5.01 Å². The predicted molar refractivity (Wildman–Crippen MR) is 112 cm³/mol. The highest BCUT2D eigenvalue weighted by atomic mass is 19.4. The number of para-hydroxylation sites is 1. The lowest BCUT2D eigenvalue weighted by Gasteiger charge is -2.26. The molecule has 2 N–H and O–H groups in total. The molecule has 0 bridgehead atoms. The number of nitrogens with zero attached hydrogens (tertiary/aromatic N) is 3. The second-order valence-electron chi connectivity index (χ2n) is 7.65. The number of carbonyl (C=O) groups is 1. The monoisotopic (exact) mass is 442 g/mol. The van der Waals surface area contributed by atoms with Crippen molar-refractivity contribution in [3.63, 3.8) is 0 Å². The number of aryl methyl sites for hydroxylation is 2. The maximum absolute atomic E-state index is 13.2. The van der Waals surface area contributed by atoms with Crippen LogP contribution in [0.2, 0.25) is 0 Å². The quantitative estimate of drug-likeness (QED) is 0.630. The average molecular weight is 442 g/mol. The number of amides is 1. The lowest BCUT2D eigenvalue weighted by molar-refractivity contribution is -0.142. The van der Waals surface area contributed by atoms with Crippen LogP contribution in [0.3, 0.4) is 0 Å². The molecule has 6 nitrogen and oxygen atoms in total. The fourth-order valence-corrected chi connectivity index (χ4v) is 3.56. The van der Waals surface area contributed by atoms with E-state index >= 15 is 0 Å². The Kier molecular flexibility index (Phi) is 5.41. The van der Waals surface area contributed by atoms with Gasteiger partial charge in [0.05, 0.1) is 5.70 Å². The smallest absolute Gasteiger partial charge is 0.435 e. The normalized spacial score (nSPS) is 16.1. The second kappa shape index (κ2) is 8.07. The van der Waals surface area contributed by atoms with E-state index in [-0.39, 0.29) is 11.4 Å². The van der Waals surface area contributed by atoms with Crippen molar-refractivity contribution in [1.82, 2.24) is 20.2 Å². The number of carbonyl (C=O) groups excluding carboxylic acids is 1. The summed E-state index contributed by atoms with van der Waals surface area (Å²) in [5.74, 6) is -0.496. The van der Waals surface area contributed by atoms with Crippen LogP contribution in [0.4, 0.5) is 13.2 Å². The Labute approximate surface area is 182 Å². The summed E-state index contributed by atoms with van der Waals surface area (Å²) in [6, 6.07) is 14.5. The number of alkyl halides is 3. The fourth-order valence-electron chi connectivity index (χ4n) is 3.56. The van der Waals surface area contributed by atoms with Gasteiger partial charge in [-0.15, -0.1) is 0 Å². The van der Waals surface area contributed by atoms with Gasteiger partial charge < -0.3 is 5.11 Å². The third kappa shape index (κ3) is 4.18. The topological polar surface area (TPSA) is 70.4 Å². The highest BCUT2D eigenvalue weighted by molar-refractivity contribution is 5.81. The Morgan fingerprint density at radius 2 is 1.81 bits per heavy atom. The molecule has 0 aliphatic carbocycles. The molecular formula is C23H21F3N4O2. The summed E-state index contributed by atoms with van der Waals surface area (Å²) in [5, 5.41) is 15.2. The molecule has 1 amide bonds. The van der Waals surface area contributed by atoms with Crippen LogP contribution in [0.25, 0.3) is 5.70 Å². The summed E-state index contributed by atoms with van der Waals surface area (Å²) in [5.41, 5.74) is 5.27. The minimum Gasteiger partial charge on any atom is -0.508 e. The summed E-state index contributed by atoms with van der Waals surface area (Å²) in [4.78, 5) is 13.2. The molecule has 166 valence electrons. The van der Waals surface area contributed by atoms with E-state index in [9.17, 15) is 23.1 Å². The lowest BCUT2D eigenvalue weighted by Crippen LogP contribution is -2.41. The molecule has 0 spiro atoms. The average Bonchev–Trinajstić information content (AvgIpc) is 3.33. The van der Waals surface area contributed by atoms with Gasteiger partial charge in [-0.05, 0) is 37.6 Å². The predicted octanol–water partition coefficient (Wildman–Crippen LogP) is 4.35. The van der Waals surface area contributed by atoms with Gasteiger partial charge in [0.2, 0.25) is 0 Å². The molecule has 32 heavy (non-hydrogen) atoms. The molecule has 1 aromatic heterocycles. The summed E-state index contributed by atoms with van der Waals surface area (Å²) < 4.78 is 40.0. The van der Waals surface area contributed by atoms with E-state index in [1.165, 1.54) is 18.0 Å². The van der Waals surface area contributed by atoms with E-state index in [2.05, 4.69) is 10.5 Å². The Hall–Kier alpha value is -3.75. The van der Waals surface area contributed by atoms with Crippen molar-refractivity contribution in [3.05, 3.63) is 88.8 Å². The third-order valence-electron chi connectivity index (χ3n) is 5.29. The number of phenols is 1. The Balaban J connectivity index is 1.65. The zero-order valence-corrected chi connectivity index (χ0v) is 17.4. The molecule has 3 aromatic rings. The first kappa shape index (κ1) is 21.5. The number of rotatable bonds is 4. The van der Waals surface area contributed by atoms with Crippen LogP contribution < -0.4 is 5.43 Å². The van der Waals surface area contributed by atoms with Crippen molar-refractivity contribution < 1.29 is 23.1 Å². The molecule has 2 heterocycles. The molecule has 9 heteroatoms. The molecule has 4 rings (SSSR count). The molecule has 0 radical (unpaired) electrons. The summed E-state index contributed by atoms with van der Waals surface area (Å²) in [6.45, 7) is 3.03. The van der Waals surface area contributed by atoms with E-state index < -0.39 is 30.4 Å². The first-order valence-corrected chi connectivity index (χ1v) is 9.90. The number of hydrogen-bond donors (Lipinski definition) is 2. The summed E-state index contributed by atoms with van der Waals surface area (Å²) in [7, 11) is 0. The second-order valence-corrected chi connectivity index (χ2v) is 7.65. The van der Waals surface area contributed by atoms with E-state index in [0.717, 1.165) is 21.9 Å². The molecule has 2 aromatic carbocycles. The summed E-state index contributed by atoms with van der Waals surface area (Å²) in [6.07, 6.45) is -2.79.